The molecule has 0 spiro atoms. The second-order valence-electron chi connectivity index (χ2n) is 5.07. The average molecular weight is 284 g/mol. The van der Waals surface area contributed by atoms with Crippen molar-refractivity contribution in [1.82, 2.24) is 0 Å². The first-order valence-electron chi connectivity index (χ1n) is 6.63. The van der Waals surface area contributed by atoms with Crippen LogP contribution in [0.1, 0.15) is 12.5 Å². The van der Waals surface area contributed by atoms with Crippen LogP contribution >= 0.6 is 0 Å². The van der Waals surface area contributed by atoms with Crippen molar-refractivity contribution in [3.05, 3.63) is 59.9 Å². The van der Waals surface area contributed by atoms with E-state index >= 15 is 0 Å². The quantitative estimate of drug-likeness (QED) is 0.909. The third-order valence-corrected chi connectivity index (χ3v) is 3.25. The molecule has 1 unspecified atom stereocenters. The zero-order valence-electron chi connectivity index (χ0n) is 12.1. The summed E-state index contributed by atoms with van der Waals surface area (Å²) in [5, 5.41) is 12.4. The number of hydrogen-bond donors (Lipinski definition) is 1. The number of benzene rings is 2. The molecule has 108 valence electrons. The lowest BCUT2D eigenvalue weighted by molar-refractivity contribution is 0.414. The second-order valence-corrected chi connectivity index (χ2v) is 5.07. The molecule has 0 bridgehead atoms. The molecule has 0 radical (unpaired) electrons. The van der Waals surface area contributed by atoms with Gasteiger partial charge in [-0.3, -0.25) is 0 Å². The Morgan fingerprint density at radius 2 is 1.86 bits per heavy atom. The smallest absolute Gasteiger partial charge is 0.146 e. The summed E-state index contributed by atoms with van der Waals surface area (Å²) in [4.78, 5) is 0. The fraction of sp³-hybridized carbons (Fsp3) is 0.235. The summed E-state index contributed by atoms with van der Waals surface area (Å²) in [6.07, 6.45) is 0.460. The first-order chi connectivity index (χ1) is 10.1. The van der Waals surface area contributed by atoms with Crippen LogP contribution in [-0.2, 0) is 6.42 Å². The number of rotatable bonds is 5. The highest BCUT2D eigenvalue weighted by Gasteiger charge is 2.25. The Balaban J connectivity index is 2.17. The van der Waals surface area contributed by atoms with Crippen molar-refractivity contribution < 1.29 is 9.13 Å². The fourth-order valence-electron chi connectivity index (χ4n) is 2.12. The summed E-state index contributed by atoms with van der Waals surface area (Å²) < 4.78 is 18.8. The van der Waals surface area contributed by atoms with Gasteiger partial charge in [-0.15, -0.1) is 0 Å². The van der Waals surface area contributed by atoms with Gasteiger partial charge in [0.2, 0.25) is 0 Å². The monoisotopic (exact) mass is 284 g/mol. The van der Waals surface area contributed by atoms with Crippen LogP contribution < -0.4 is 10.1 Å². The molecule has 2 rings (SSSR count). The zero-order valence-corrected chi connectivity index (χ0v) is 12.1. The normalized spacial score (nSPS) is 13.0. The summed E-state index contributed by atoms with van der Waals surface area (Å²) in [7, 11) is 1.61. The van der Waals surface area contributed by atoms with Crippen molar-refractivity contribution >= 4 is 5.69 Å². The number of nitrogens with one attached hydrogen (secondary N) is 1. The molecule has 0 aromatic heterocycles. The van der Waals surface area contributed by atoms with E-state index in [2.05, 4.69) is 11.4 Å². The molecule has 1 N–H and O–H groups in total. The van der Waals surface area contributed by atoms with Gasteiger partial charge in [-0.05, 0) is 36.8 Å². The van der Waals surface area contributed by atoms with E-state index in [0.717, 1.165) is 11.3 Å². The molecular formula is C17H17FN2O. The molecule has 2 aromatic carbocycles. The largest absolute Gasteiger partial charge is 0.497 e. The van der Waals surface area contributed by atoms with E-state index in [0.29, 0.717) is 12.1 Å². The van der Waals surface area contributed by atoms with Gasteiger partial charge in [0.1, 0.15) is 17.1 Å². The van der Waals surface area contributed by atoms with Crippen LogP contribution in [0.15, 0.2) is 48.5 Å². The number of nitrogens with zero attached hydrogens (tertiary/aromatic N) is 1. The molecular weight excluding hydrogens is 267 g/mol. The van der Waals surface area contributed by atoms with E-state index in [1.165, 1.54) is 6.07 Å². The van der Waals surface area contributed by atoms with Gasteiger partial charge in [0.15, 0.2) is 0 Å². The minimum atomic E-state index is -0.892. The summed E-state index contributed by atoms with van der Waals surface area (Å²) >= 11 is 0. The Kier molecular flexibility index (Phi) is 4.44. The van der Waals surface area contributed by atoms with Crippen molar-refractivity contribution in [3.63, 3.8) is 0 Å². The molecule has 0 heterocycles. The molecule has 0 aliphatic rings. The molecule has 0 aliphatic carbocycles. The second kappa shape index (κ2) is 6.27. The van der Waals surface area contributed by atoms with Crippen molar-refractivity contribution in [1.29, 1.82) is 5.26 Å². The lowest BCUT2D eigenvalue weighted by Gasteiger charge is -2.25. The van der Waals surface area contributed by atoms with Crippen molar-refractivity contribution in [3.8, 4) is 11.8 Å². The molecule has 0 aliphatic heterocycles. The summed E-state index contributed by atoms with van der Waals surface area (Å²) in [6, 6.07) is 16.1. The highest BCUT2D eigenvalue weighted by atomic mass is 19.1. The molecule has 4 heteroatoms. The number of halogens is 1. The Morgan fingerprint density at radius 3 is 2.43 bits per heavy atom. The third-order valence-electron chi connectivity index (χ3n) is 3.25. The van der Waals surface area contributed by atoms with Gasteiger partial charge in [-0.2, -0.15) is 5.26 Å². The molecule has 0 saturated heterocycles. The standard InChI is InChI=1S/C17H17FN2O/c1-17(12-19,20-16-6-4-3-5-15(16)18)11-13-7-9-14(21-2)10-8-13/h3-10,20H,11H2,1-2H3. The van der Waals surface area contributed by atoms with Crippen LogP contribution in [0.2, 0.25) is 0 Å². The highest BCUT2D eigenvalue weighted by molar-refractivity contribution is 5.49. The number of ether oxygens (including phenoxy) is 1. The van der Waals surface area contributed by atoms with Crippen LogP contribution in [-0.4, -0.2) is 12.6 Å². The Labute approximate surface area is 124 Å². The fourth-order valence-corrected chi connectivity index (χ4v) is 2.12. The average Bonchev–Trinajstić information content (AvgIpc) is 2.50. The Hall–Kier alpha value is -2.54. The first kappa shape index (κ1) is 14.9. The molecule has 0 fully saturated rings. The van der Waals surface area contributed by atoms with E-state index in [9.17, 15) is 9.65 Å². The highest BCUT2D eigenvalue weighted by Crippen LogP contribution is 2.22. The van der Waals surface area contributed by atoms with Crippen molar-refractivity contribution in [2.24, 2.45) is 0 Å². The number of nitriles is 1. The number of para-hydroxylation sites is 1. The first-order valence-corrected chi connectivity index (χ1v) is 6.63. The Bertz CT molecular complexity index is 649. The van der Waals surface area contributed by atoms with E-state index in [-0.39, 0.29) is 5.82 Å². The molecule has 0 saturated carbocycles. The predicted octanol–water partition coefficient (Wildman–Crippen LogP) is 3.77. The topological polar surface area (TPSA) is 45.0 Å². The van der Waals surface area contributed by atoms with Gasteiger partial charge in [0.25, 0.3) is 0 Å². The summed E-state index contributed by atoms with van der Waals surface area (Å²) in [5.41, 5.74) is 0.412. The third kappa shape index (κ3) is 3.73. The van der Waals surface area contributed by atoms with Gasteiger partial charge in [-0.25, -0.2) is 4.39 Å². The van der Waals surface area contributed by atoms with Crippen molar-refractivity contribution in [2.45, 2.75) is 18.9 Å². The van der Waals surface area contributed by atoms with Crippen LogP contribution in [0.25, 0.3) is 0 Å². The van der Waals surface area contributed by atoms with E-state index in [1.54, 1.807) is 32.2 Å². The van der Waals surface area contributed by atoms with Crippen LogP contribution in [0.3, 0.4) is 0 Å². The SMILES string of the molecule is COc1ccc(CC(C)(C#N)Nc2ccccc2F)cc1. The van der Waals surface area contributed by atoms with E-state index in [4.69, 9.17) is 4.74 Å². The maximum Gasteiger partial charge on any atom is 0.146 e. The Morgan fingerprint density at radius 1 is 1.19 bits per heavy atom. The van der Waals surface area contributed by atoms with E-state index < -0.39 is 5.54 Å². The van der Waals surface area contributed by atoms with Gasteiger partial charge < -0.3 is 10.1 Å². The van der Waals surface area contributed by atoms with Gasteiger partial charge in [0, 0.05) is 6.42 Å². The van der Waals surface area contributed by atoms with Gasteiger partial charge in [0.05, 0.1) is 18.9 Å². The predicted molar refractivity (Wildman–Crippen MR) is 80.7 cm³/mol. The van der Waals surface area contributed by atoms with Crippen LogP contribution in [0.4, 0.5) is 10.1 Å². The molecule has 0 amide bonds. The minimum Gasteiger partial charge on any atom is -0.497 e. The van der Waals surface area contributed by atoms with Crippen LogP contribution in [0.5, 0.6) is 5.75 Å². The maximum absolute atomic E-state index is 13.7. The summed E-state index contributed by atoms with van der Waals surface area (Å²) in [6.45, 7) is 1.75. The molecule has 21 heavy (non-hydrogen) atoms. The number of hydrogen-bond acceptors (Lipinski definition) is 3. The van der Waals surface area contributed by atoms with Gasteiger partial charge >= 0.3 is 0 Å². The van der Waals surface area contributed by atoms with E-state index in [1.807, 2.05) is 24.3 Å². The number of methoxy groups -OCH3 is 1. The maximum atomic E-state index is 13.7. The lowest BCUT2D eigenvalue weighted by atomic mass is 9.94. The van der Waals surface area contributed by atoms with Gasteiger partial charge in [-0.1, -0.05) is 24.3 Å². The number of anilines is 1. The zero-order chi connectivity index (χ0) is 15.3. The van der Waals surface area contributed by atoms with Crippen molar-refractivity contribution in [2.75, 3.05) is 12.4 Å². The minimum absolute atomic E-state index is 0.329. The molecule has 2 aromatic rings. The molecule has 1 atom stereocenters. The van der Waals surface area contributed by atoms with Crippen LogP contribution in [0, 0.1) is 17.1 Å². The molecule has 3 nitrogen and oxygen atoms in total. The summed E-state index contributed by atoms with van der Waals surface area (Å²) in [5.74, 6) is 0.396. The lowest BCUT2D eigenvalue weighted by Crippen LogP contribution is -2.35.